The van der Waals surface area contributed by atoms with Gasteiger partial charge in [0.15, 0.2) is 17.4 Å². The van der Waals surface area contributed by atoms with E-state index < -0.39 is 18.5 Å². The third-order valence-electron chi connectivity index (χ3n) is 3.64. The third-order valence-corrected chi connectivity index (χ3v) is 4.44. The van der Waals surface area contributed by atoms with Gasteiger partial charge in [-0.25, -0.2) is 9.78 Å². The highest BCUT2D eigenvalue weighted by atomic mass is 32.1. The van der Waals surface area contributed by atoms with Crippen LogP contribution < -0.4 is 16.0 Å². The summed E-state index contributed by atoms with van der Waals surface area (Å²) >= 11 is 1.25. The predicted octanol–water partition coefficient (Wildman–Crippen LogP) is 2.27. The SMILES string of the molecule is C=CCNc1nc(C(=O)OCC(=O)NCC(=O)Nc2c(C)cccc2C)cs1. The Hall–Kier alpha value is -3.20. The molecule has 0 aliphatic rings. The highest BCUT2D eigenvalue weighted by Gasteiger charge is 2.15. The minimum Gasteiger partial charge on any atom is -0.451 e. The molecule has 148 valence electrons. The molecular formula is C19H22N4O4S. The van der Waals surface area contributed by atoms with Gasteiger partial charge in [-0.3, -0.25) is 9.59 Å². The number of carbonyl (C=O) groups excluding carboxylic acids is 3. The first-order valence-electron chi connectivity index (χ1n) is 8.51. The maximum absolute atomic E-state index is 12.0. The summed E-state index contributed by atoms with van der Waals surface area (Å²) in [5, 5.41) is 10.2. The van der Waals surface area contributed by atoms with E-state index in [1.165, 1.54) is 16.7 Å². The van der Waals surface area contributed by atoms with Crippen molar-refractivity contribution in [3.8, 4) is 0 Å². The normalized spacial score (nSPS) is 10.1. The number of benzene rings is 1. The molecule has 9 heteroatoms. The van der Waals surface area contributed by atoms with E-state index in [0.29, 0.717) is 11.7 Å². The van der Waals surface area contributed by atoms with Crippen molar-refractivity contribution in [2.45, 2.75) is 13.8 Å². The molecule has 0 aliphatic carbocycles. The molecule has 2 aromatic rings. The lowest BCUT2D eigenvalue weighted by Crippen LogP contribution is -2.35. The number of ether oxygens (including phenoxy) is 1. The van der Waals surface area contributed by atoms with Gasteiger partial charge in [-0.1, -0.05) is 24.3 Å². The number of hydrogen-bond acceptors (Lipinski definition) is 7. The zero-order valence-corrected chi connectivity index (χ0v) is 16.5. The summed E-state index contributed by atoms with van der Waals surface area (Å²) in [6.45, 7) is 7.15. The zero-order valence-electron chi connectivity index (χ0n) is 15.7. The second kappa shape index (κ2) is 10.2. The molecule has 0 bridgehead atoms. The number of aromatic nitrogens is 1. The van der Waals surface area contributed by atoms with Crippen molar-refractivity contribution in [1.82, 2.24) is 10.3 Å². The second-order valence-electron chi connectivity index (χ2n) is 5.88. The molecule has 3 N–H and O–H groups in total. The van der Waals surface area contributed by atoms with Gasteiger partial charge in [-0.15, -0.1) is 17.9 Å². The highest BCUT2D eigenvalue weighted by molar-refractivity contribution is 7.13. The van der Waals surface area contributed by atoms with Crippen LogP contribution in [0.4, 0.5) is 10.8 Å². The van der Waals surface area contributed by atoms with Crippen molar-refractivity contribution in [2.75, 3.05) is 30.3 Å². The smallest absolute Gasteiger partial charge is 0.358 e. The van der Waals surface area contributed by atoms with E-state index in [4.69, 9.17) is 4.74 Å². The maximum atomic E-state index is 12.0. The first-order chi connectivity index (χ1) is 13.4. The van der Waals surface area contributed by atoms with Gasteiger partial charge in [0.2, 0.25) is 5.91 Å². The lowest BCUT2D eigenvalue weighted by Gasteiger charge is -2.12. The largest absolute Gasteiger partial charge is 0.451 e. The van der Waals surface area contributed by atoms with Crippen LogP contribution >= 0.6 is 11.3 Å². The Labute approximate surface area is 167 Å². The zero-order chi connectivity index (χ0) is 20.5. The monoisotopic (exact) mass is 402 g/mol. The van der Waals surface area contributed by atoms with Crippen LogP contribution in [0.1, 0.15) is 21.6 Å². The number of hydrogen-bond donors (Lipinski definition) is 3. The van der Waals surface area contributed by atoms with Crippen molar-refractivity contribution in [3.63, 3.8) is 0 Å². The molecule has 0 fully saturated rings. The van der Waals surface area contributed by atoms with Crippen molar-refractivity contribution in [1.29, 1.82) is 0 Å². The lowest BCUT2D eigenvalue weighted by molar-refractivity contribution is -0.126. The van der Waals surface area contributed by atoms with Crippen molar-refractivity contribution >= 4 is 39.9 Å². The van der Waals surface area contributed by atoms with Gasteiger partial charge in [0.25, 0.3) is 5.91 Å². The molecule has 0 spiro atoms. The van der Waals surface area contributed by atoms with Crippen molar-refractivity contribution in [3.05, 3.63) is 53.1 Å². The summed E-state index contributed by atoms with van der Waals surface area (Å²) in [5.74, 6) is -1.65. The molecule has 2 amide bonds. The molecule has 0 atom stereocenters. The fourth-order valence-electron chi connectivity index (χ4n) is 2.24. The van der Waals surface area contributed by atoms with Gasteiger partial charge in [-0.2, -0.15) is 0 Å². The Bertz CT molecular complexity index is 858. The standard InChI is InChI=1S/C19H22N4O4S/c1-4-8-20-19-22-14(11-28-19)18(26)27-10-16(25)21-9-15(24)23-17-12(2)6-5-7-13(17)3/h4-7,11H,1,8-10H2,2-3H3,(H,20,22)(H,21,25)(H,23,24). The molecule has 2 rings (SSSR count). The Morgan fingerprint density at radius 3 is 2.61 bits per heavy atom. The van der Waals surface area contributed by atoms with E-state index >= 15 is 0 Å². The number of esters is 1. The van der Waals surface area contributed by atoms with Gasteiger partial charge in [-0.05, 0) is 25.0 Å². The van der Waals surface area contributed by atoms with Crippen molar-refractivity contribution in [2.24, 2.45) is 0 Å². The molecule has 1 aromatic carbocycles. The van der Waals surface area contributed by atoms with Crippen LogP contribution in [0.15, 0.2) is 36.2 Å². The van der Waals surface area contributed by atoms with Crippen molar-refractivity contribution < 1.29 is 19.1 Å². The predicted molar refractivity (Wildman–Crippen MR) is 109 cm³/mol. The van der Waals surface area contributed by atoms with Crippen LogP contribution in [-0.4, -0.2) is 42.5 Å². The first kappa shape index (κ1) is 21.1. The number of rotatable bonds is 9. The molecule has 0 radical (unpaired) electrons. The number of nitrogens with zero attached hydrogens (tertiary/aromatic N) is 1. The number of nitrogens with one attached hydrogen (secondary N) is 3. The van der Waals surface area contributed by atoms with Crippen LogP contribution in [0.25, 0.3) is 0 Å². The fraction of sp³-hybridized carbons (Fsp3) is 0.263. The molecule has 1 heterocycles. The summed E-state index contributed by atoms with van der Waals surface area (Å²) < 4.78 is 4.91. The molecular weight excluding hydrogens is 380 g/mol. The summed E-state index contributed by atoms with van der Waals surface area (Å²) in [6, 6.07) is 5.67. The van der Waals surface area contributed by atoms with E-state index in [1.54, 1.807) is 6.08 Å². The summed E-state index contributed by atoms with van der Waals surface area (Å²) in [7, 11) is 0. The van der Waals surface area contributed by atoms with Crippen LogP contribution in [0.3, 0.4) is 0 Å². The molecule has 0 saturated carbocycles. The van der Waals surface area contributed by atoms with E-state index in [-0.39, 0.29) is 18.1 Å². The van der Waals surface area contributed by atoms with Crippen LogP contribution in [0.5, 0.6) is 0 Å². The van der Waals surface area contributed by atoms with Gasteiger partial charge < -0.3 is 20.7 Å². The number of thiazole rings is 1. The molecule has 1 aromatic heterocycles. The van der Waals surface area contributed by atoms with E-state index in [2.05, 4.69) is 27.5 Å². The Kier molecular flexibility index (Phi) is 7.70. The van der Waals surface area contributed by atoms with Crippen LogP contribution in [-0.2, 0) is 14.3 Å². The van der Waals surface area contributed by atoms with Crippen LogP contribution in [0, 0.1) is 13.8 Å². The number of para-hydroxylation sites is 1. The molecule has 28 heavy (non-hydrogen) atoms. The summed E-state index contributed by atoms with van der Waals surface area (Å²) in [6.07, 6.45) is 1.67. The molecule has 8 nitrogen and oxygen atoms in total. The fourth-order valence-corrected chi connectivity index (χ4v) is 2.93. The molecule has 0 unspecified atom stereocenters. The number of amides is 2. The van der Waals surface area contributed by atoms with Crippen LogP contribution in [0.2, 0.25) is 0 Å². The topological polar surface area (TPSA) is 109 Å². The summed E-state index contributed by atoms with van der Waals surface area (Å²) in [5.41, 5.74) is 2.69. The molecule has 0 saturated heterocycles. The molecule has 0 aliphatic heterocycles. The van der Waals surface area contributed by atoms with Gasteiger partial charge in [0.1, 0.15) is 0 Å². The number of aryl methyl sites for hydroxylation is 2. The second-order valence-corrected chi connectivity index (χ2v) is 6.73. The Balaban J connectivity index is 1.74. The van der Waals surface area contributed by atoms with E-state index in [9.17, 15) is 14.4 Å². The quantitative estimate of drug-likeness (QED) is 0.438. The van der Waals surface area contributed by atoms with Gasteiger partial charge in [0, 0.05) is 17.6 Å². The minimum atomic E-state index is -0.710. The average Bonchev–Trinajstić information content (AvgIpc) is 3.15. The minimum absolute atomic E-state index is 0.108. The lowest BCUT2D eigenvalue weighted by atomic mass is 10.1. The van der Waals surface area contributed by atoms with Gasteiger partial charge >= 0.3 is 5.97 Å². The highest BCUT2D eigenvalue weighted by Crippen LogP contribution is 2.19. The summed E-state index contributed by atoms with van der Waals surface area (Å²) in [4.78, 5) is 39.8. The first-order valence-corrected chi connectivity index (χ1v) is 9.39. The Morgan fingerprint density at radius 2 is 1.93 bits per heavy atom. The average molecular weight is 402 g/mol. The van der Waals surface area contributed by atoms with E-state index in [0.717, 1.165) is 16.8 Å². The van der Waals surface area contributed by atoms with Gasteiger partial charge in [0.05, 0.1) is 6.54 Å². The maximum Gasteiger partial charge on any atom is 0.358 e. The number of carbonyl (C=O) groups is 3. The van der Waals surface area contributed by atoms with E-state index in [1.807, 2.05) is 32.0 Å². The number of anilines is 2. The Morgan fingerprint density at radius 1 is 1.21 bits per heavy atom. The third kappa shape index (κ3) is 6.20.